The smallest absolute Gasteiger partial charge is 0.0893 e. The highest BCUT2D eigenvalue weighted by Crippen LogP contribution is 2.34. The van der Waals surface area contributed by atoms with Gasteiger partial charge in [0.05, 0.1) is 16.1 Å². The van der Waals surface area contributed by atoms with Crippen LogP contribution in [0.1, 0.15) is 9.81 Å². The van der Waals surface area contributed by atoms with Crippen molar-refractivity contribution >= 4 is 31.5 Å². The summed E-state index contributed by atoms with van der Waals surface area (Å²) in [5.41, 5.74) is 1.36. The predicted molar refractivity (Wildman–Crippen MR) is 85.1 cm³/mol. The Morgan fingerprint density at radius 1 is 0.950 bits per heavy atom. The van der Waals surface area contributed by atoms with Gasteiger partial charge in [-0.2, -0.15) is 0 Å². The quantitative estimate of drug-likeness (QED) is 0.499. The molecule has 3 heterocycles. The Balaban J connectivity index is 1.91. The van der Waals surface area contributed by atoms with Crippen LogP contribution >= 0.6 is 11.3 Å². The van der Waals surface area contributed by atoms with Crippen LogP contribution in [0.25, 0.3) is 31.6 Å². The Kier molecular flexibility index (Phi) is 1.94. The molecular weight excluding hydrogens is 264 g/mol. The topological polar surface area (TPSA) is 25.8 Å². The fraction of sp³-hybridized carbons (Fsp3) is 0.0588. The first-order chi connectivity index (χ1) is 11.0. The molecule has 3 heteroatoms. The molecule has 0 bridgehead atoms. The summed E-state index contributed by atoms with van der Waals surface area (Å²) >= 11 is 1.70. The Labute approximate surface area is 125 Å². The molecule has 0 saturated carbocycles. The van der Waals surface area contributed by atoms with E-state index in [9.17, 15) is 0 Å². The van der Waals surface area contributed by atoms with Crippen molar-refractivity contribution < 1.29 is 4.11 Å². The summed E-state index contributed by atoms with van der Waals surface area (Å²) in [4.78, 5) is 8.72. The minimum absolute atomic E-state index is 0.0899. The molecule has 4 aromatic rings. The summed E-state index contributed by atoms with van der Waals surface area (Å²) in [6.45, 7) is -2.21. The largest absolute Gasteiger partial charge is 0.253 e. The third-order valence-electron chi connectivity index (χ3n) is 3.28. The summed E-state index contributed by atoms with van der Waals surface area (Å²) in [7, 11) is 0. The average molecular weight is 279 g/mol. The van der Waals surface area contributed by atoms with E-state index in [0.29, 0.717) is 11.4 Å². The third-order valence-corrected chi connectivity index (χ3v) is 4.40. The Hall–Kier alpha value is -2.26. The molecule has 20 heavy (non-hydrogen) atoms. The van der Waals surface area contributed by atoms with Gasteiger partial charge in [0.2, 0.25) is 0 Å². The number of hydrogen-bond acceptors (Lipinski definition) is 3. The average Bonchev–Trinajstić information content (AvgIpc) is 2.92. The van der Waals surface area contributed by atoms with E-state index in [-0.39, 0.29) is 5.69 Å². The molecule has 0 fully saturated rings. The zero-order chi connectivity index (χ0) is 16.0. The summed E-state index contributed by atoms with van der Waals surface area (Å²) in [6, 6.07) is 15.2. The molecule has 0 aliphatic heterocycles. The summed E-state index contributed by atoms with van der Waals surface area (Å²) in [6.07, 6.45) is 1.83. The van der Waals surface area contributed by atoms with Gasteiger partial charge in [-0.25, -0.2) is 0 Å². The number of rotatable bonds is 1. The second-order valence-electron chi connectivity index (χ2n) is 4.57. The van der Waals surface area contributed by atoms with Crippen LogP contribution in [-0.4, -0.2) is 9.97 Å². The lowest BCUT2D eigenvalue weighted by atomic mass is 10.1. The lowest BCUT2D eigenvalue weighted by Gasteiger charge is -2.01. The molecule has 2 nitrogen and oxygen atoms in total. The van der Waals surface area contributed by atoms with E-state index >= 15 is 0 Å². The number of aromatic nitrogens is 2. The van der Waals surface area contributed by atoms with Crippen LogP contribution in [0.15, 0.2) is 54.7 Å². The van der Waals surface area contributed by atoms with Gasteiger partial charge in [0.1, 0.15) is 0 Å². The Morgan fingerprint density at radius 2 is 1.90 bits per heavy atom. The van der Waals surface area contributed by atoms with E-state index in [1.54, 1.807) is 23.5 Å². The van der Waals surface area contributed by atoms with E-state index in [1.165, 1.54) is 16.2 Å². The number of fused-ring (bicyclic) bond motifs is 3. The van der Waals surface area contributed by atoms with Gasteiger partial charge in [0.25, 0.3) is 0 Å². The SMILES string of the molecule is [2H]C([2H])([2H])c1cccc(-c2cc3c(cn2)sc2ccccc23)n1. The standard InChI is InChI=1S/C17H12N2S/c1-11-5-4-7-14(19-11)15-9-13-12-6-2-3-8-16(12)20-17(13)10-18-15/h2-10H,1H3/i1D3. The molecule has 0 amide bonds. The van der Waals surface area contributed by atoms with Crippen LogP contribution in [-0.2, 0) is 0 Å². The molecule has 1 aromatic carbocycles. The molecule has 3 aromatic heterocycles. The highest BCUT2D eigenvalue weighted by molar-refractivity contribution is 7.25. The number of benzene rings is 1. The minimum Gasteiger partial charge on any atom is -0.253 e. The van der Waals surface area contributed by atoms with E-state index in [1.807, 2.05) is 24.4 Å². The highest BCUT2D eigenvalue weighted by Gasteiger charge is 2.08. The summed E-state index contributed by atoms with van der Waals surface area (Å²) in [5.74, 6) is 0. The van der Waals surface area contributed by atoms with Crippen molar-refractivity contribution in [2.75, 3.05) is 0 Å². The van der Waals surface area contributed by atoms with E-state index in [4.69, 9.17) is 4.11 Å². The van der Waals surface area contributed by atoms with Crippen molar-refractivity contribution in [3.05, 3.63) is 60.4 Å². The van der Waals surface area contributed by atoms with Gasteiger partial charge in [-0.1, -0.05) is 24.3 Å². The molecular formula is C17H12N2S. The van der Waals surface area contributed by atoms with Crippen molar-refractivity contribution in [2.45, 2.75) is 6.85 Å². The molecule has 0 aliphatic rings. The molecule has 96 valence electrons. The molecule has 0 aliphatic carbocycles. The first kappa shape index (κ1) is 8.82. The monoisotopic (exact) mass is 279 g/mol. The van der Waals surface area contributed by atoms with Gasteiger partial charge >= 0.3 is 0 Å². The second-order valence-corrected chi connectivity index (χ2v) is 5.66. The van der Waals surface area contributed by atoms with Crippen molar-refractivity contribution in [3.63, 3.8) is 0 Å². The van der Waals surface area contributed by atoms with Crippen molar-refractivity contribution in [1.29, 1.82) is 0 Å². The number of pyridine rings is 2. The molecule has 0 radical (unpaired) electrons. The number of aryl methyl sites for hydroxylation is 1. The lowest BCUT2D eigenvalue weighted by Crippen LogP contribution is -1.88. The van der Waals surface area contributed by atoms with Gasteiger partial charge in [0, 0.05) is 31.5 Å². The van der Waals surface area contributed by atoms with Crippen LogP contribution < -0.4 is 0 Å². The zero-order valence-electron chi connectivity index (χ0n) is 13.5. The van der Waals surface area contributed by atoms with Crippen molar-refractivity contribution in [3.8, 4) is 11.4 Å². The van der Waals surface area contributed by atoms with Crippen LogP contribution in [0.3, 0.4) is 0 Å². The molecule has 0 unspecified atom stereocenters. The Bertz CT molecular complexity index is 1020. The maximum atomic E-state index is 7.50. The van der Waals surface area contributed by atoms with E-state index in [0.717, 1.165) is 10.1 Å². The summed E-state index contributed by atoms with van der Waals surface area (Å²) < 4.78 is 24.8. The zero-order valence-corrected chi connectivity index (χ0v) is 11.3. The van der Waals surface area contributed by atoms with Gasteiger partial charge in [-0.15, -0.1) is 11.3 Å². The predicted octanol–water partition coefficient (Wildman–Crippen LogP) is 4.82. The third kappa shape index (κ3) is 1.79. The maximum Gasteiger partial charge on any atom is 0.0893 e. The Morgan fingerprint density at radius 3 is 2.85 bits per heavy atom. The number of thiophene rings is 1. The van der Waals surface area contributed by atoms with Gasteiger partial charge < -0.3 is 0 Å². The van der Waals surface area contributed by atoms with Crippen molar-refractivity contribution in [1.82, 2.24) is 9.97 Å². The molecule has 0 saturated heterocycles. The normalized spacial score (nSPS) is 14.1. The molecule has 4 rings (SSSR count). The van der Waals surface area contributed by atoms with Gasteiger partial charge in [-0.05, 0) is 31.1 Å². The lowest BCUT2D eigenvalue weighted by molar-refractivity contribution is 1.18. The fourth-order valence-corrected chi connectivity index (χ4v) is 3.40. The van der Waals surface area contributed by atoms with E-state index in [2.05, 4.69) is 22.1 Å². The van der Waals surface area contributed by atoms with Crippen LogP contribution in [0, 0.1) is 6.85 Å². The first-order valence-electron chi connectivity index (χ1n) is 7.77. The van der Waals surface area contributed by atoms with E-state index < -0.39 is 6.85 Å². The first-order valence-corrected chi connectivity index (χ1v) is 7.09. The van der Waals surface area contributed by atoms with Crippen LogP contribution in [0.5, 0.6) is 0 Å². The second kappa shape index (κ2) is 4.39. The number of hydrogen-bond donors (Lipinski definition) is 0. The highest BCUT2D eigenvalue weighted by atomic mass is 32.1. The van der Waals surface area contributed by atoms with Gasteiger partial charge in [-0.3, -0.25) is 9.97 Å². The maximum absolute atomic E-state index is 7.50. The van der Waals surface area contributed by atoms with Crippen LogP contribution in [0.4, 0.5) is 0 Å². The molecule has 0 atom stereocenters. The minimum atomic E-state index is -2.21. The van der Waals surface area contributed by atoms with Crippen molar-refractivity contribution in [2.24, 2.45) is 0 Å². The number of nitrogens with zero attached hydrogens (tertiary/aromatic N) is 2. The molecule has 0 spiro atoms. The summed E-state index contributed by atoms with van der Waals surface area (Å²) in [5, 5.41) is 2.31. The fourth-order valence-electron chi connectivity index (χ4n) is 2.35. The van der Waals surface area contributed by atoms with Gasteiger partial charge in [0.15, 0.2) is 0 Å². The van der Waals surface area contributed by atoms with Crippen LogP contribution in [0.2, 0.25) is 0 Å². The molecule has 0 N–H and O–H groups in total.